The lowest BCUT2D eigenvalue weighted by Crippen LogP contribution is -2.25. The van der Waals surface area contributed by atoms with Crippen LogP contribution in [0.4, 0.5) is 17.1 Å². The predicted molar refractivity (Wildman–Crippen MR) is 180 cm³/mol. The molecule has 0 unspecified atom stereocenters. The lowest BCUT2D eigenvalue weighted by atomic mass is 9.75. The number of anilines is 3. The van der Waals surface area contributed by atoms with Crippen molar-refractivity contribution < 1.29 is 4.74 Å². The van der Waals surface area contributed by atoms with Crippen LogP contribution in [0.15, 0.2) is 159 Å². The van der Waals surface area contributed by atoms with Crippen LogP contribution in [-0.4, -0.2) is 0 Å². The molecule has 0 aliphatic carbocycles. The summed E-state index contributed by atoms with van der Waals surface area (Å²) < 4.78 is 6.81. The molecule has 0 amide bonds. The van der Waals surface area contributed by atoms with E-state index in [2.05, 4.69) is 158 Å². The molecule has 4 heteroatoms. The van der Waals surface area contributed by atoms with E-state index < -0.39 is 0 Å². The molecule has 8 rings (SSSR count). The molecule has 0 N–H and O–H groups in total. The van der Waals surface area contributed by atoms with Crippen molar-refractivity contribution in [3.8, 4) is 22.6 Å². The lowest BCUT2D eigenvalue weighted by molar-refractivity contribution is 0.419. The first-order valence-electron chi connectivity index (χ1n) is 14.5. The van der Waals surface area contributed by atoms with Crippen LogP contribution in [0.1, 0.15) is 25.0 Å². The highest BCUT2D eigenvalue weighted by atomic mass is 32.2. The summed E-state index contributed by atoms with van der Waals surface area (Å²) in [4.78, 5) is 7.50. The minimum Gasteiger partial charge on any atom is -0.455 e. The molecule has 6 aromatic rings. The normalized spacial score (nSPS) is 14.0. The Morgan fingerprint density at radius 3 is 1.93 bits per heavy atom. The third-order valence-corrected chi connectivity index (χ3v) is 11.0. The average Bonchev–Trinajstić information content (AvgIpc) is 3.05. The molecular weight excluding hydrogens is 563 g/mol. The number of para-hydroxylation sites is 2. The number of rotatable bonds is 4. The Hall–Kier alpha value is -4.38. The van der Waals surface area contributed by atoms with Gasteiger partial charge in [0, 0.05) is 36.9 Å². The van der Waals surface area contributed by atoms with Gasteiger partial charge in [0.05, 0.1) is 16.3 Å². The van der Waals surface area contributed by atoms with Gasteiger partial charge in [-0.2, -0.15) is 0 Å². The van der Waals surface area contributed by atoms with Crippen molar-refractivity contribution in [2.24, 2.45) is 0 Å². The fraction of sp³-hybridized carbons (Fsp3) is 0.0769. The van der Waals surface area contributed by atoms with Crippen molar-refractivity contribution in [1.29, 1.82) is 0 Å². The highest BCUT2D eigenvalue weighted by molar-refractivity contribution is 8.05. The van der Waals surface area contributed by atoms with E-state index in [4.69, 9.17) is 4.74 Å². The Bertz CT molecular complexity index is 1980. The van der Waals surface area contributed by atoms with Crippen LogP contribution < -0.4 is 9.64 Å². The minimum absolute atomic E-state index is 0.206. The van der Waals surface area contributed by atoms with Gasteiger partial charge in [0.2, 0.25) is 0 Å². The summed E-state index contributed by atoms with van der Waals surface area (Å²) in [5.74, 6) is 1.82. The van der Waals surface area contributed by atoms with Crippen molar-refractivity contribution in [1.82, 2.24) is 0 Å². The smallest absolute Gasteiger partial charge is 0.155 e. The molecule has 6 aromatic carbocycles. The molecule has 0 aromatic heterocycles. The fourth-order valence-corrected chi connectivity index (χ4v) is 8.54. The van der Waals surface area contributed by atoms with Crippen molar-refractivity contribution in [2.75, 3.05) is 4.90 Å². The Labute approximate surface area is 261 Å². The second kappa shape index (κ2) is 10.4. The van der Waals surface area contributed by atoms with E-state index in [0.29, 0.717) is 0 Å². The molecule has 0 saturated heterocycles. The Balaban J connectivity index is 1.33. The van der Waals surface area contributed by atoms with Crippen LogP contribution in [0.5, 0.6) is 11.5 Å². The van der Waals surface area contributed by atoms with Gasteiger partial charge in [-0.25, -0.2) is 0 Å². The monoisotopic (exact) mass is 591 g/mol. The summed E-state index contributed by atoms with van der Waals surface area (Å²) >= 11 is 3.69. The van der Waals surface area contributed by atoms with E-state index in [0.717, 1.165) is 28.6 Å². The van der Waals surface area contributed by atoms with Gasteiger partial charge in [0.15, 0.2) is 5.75 Å². The van der Waals surface area contributed by atoms with Gasteiger partial charge in [0.25, 0.3) is 0 Å². The maximum atomic E-state index is 6.81. The van der Waals surface area contributed by atoms with Gasteiger partial charge in [-0.1, -0.05) is 128 Å². The van der Waals surface area contributed by atoms with E-state index in [1.807, 2.05) is 23.5 Å². The van der Waals surface area contributed by atoms with E-state index in [1.54, 1.807) is 0 Å². The maximum absolute atomic E-state index is 6.81. The van der Waals surface area contributed by atoms with Crippen molar-refractivity contribution >= 4 is 40.6 Å². The third-order valence-electron chi connectivity index (χ3n) is 8.39. The third kappa shape index (κ3) is 4.45. The molecule has 2 aliphatic heterocycles. The van der Waals surface area contributed by atoms with Gasteiger partial charge in [-0.15, -0.1) is 0 Å². The standard InChI is InChI=1S/C39H29NOS2/c1-39(2)29-14-6-7-18-33(29)41-37-30(39)15-10-16-31(37)40(28-24-22-27(23-25-28)26-12-4-3-5-13-26)32-17-11-21-36-38(32)43-35-20-9-8-19-34(35)42-36/h3-25H,1-2H3. The minimum atomic E-state index is -0.206. The molecule has 43 heavy (non-hydrogen) atoms. The average molecular weight is 592 g/mol. The second-order valence-electron chi connectivity index (χ2n) is 11.4. The van der Waals surface area contributed by atoms with Crippen molar-refractivity contribution in [3.05, 3.63) is 151 Å². The molecular formula is C39H29NOS2. The molecule has 0 bridgehead atoms. The van der Waals surface area contributed by atoms with Crippen LogP contribution in [0.2, 0.25) is 0 Å². The first kappa shape index (κ1) is 26.3. The van der Waals surface area contributed by atoms with Crippen molar-refractivity contribution in [2.45, 2.75) is 38.8 Å². The molecule has 2 aliphatic rings. The lowest BCUT2D eigenvalue weighted by Gasteiger charge is -2.38. The van der Waals surface area contributed by atoms with Crippen LogP contribution in [0.25, 0.3) is 11.1 Å². The van der Waals surface area contributed by atoms with Crippen LogP contribution in [-0.2, 0) is 5.41 Å². The fourth-order valence-electron chi connectivity index (χ4n) is 6.18. The quantitative estimate of drug-likeness (QED) is 0.202. The van der Waals surface area contributed by atoms with Crippen LogP contribution in [0.3, 0.4) is 0 Å². The predicted octanol–water partition coefficient (Wildman–Crippen LogP) is 11.9. The highest BCUT2D eigenvalue weighted by Gasteiger charge is 2.37. The van der Waals surface area contributed by atoms with E-state index >= 15 is 0 Å². The van der Waals surface area contributed by atoms with Crippen molar-refractivity contribution in [3.63, 3.8) is 0 Å². The van der Waals surface area contributed by atoms with Gasteiger partial charge >= 0.3 is 0 Å². The molecule has 0 spiro atoms. The summed E-state index contributed by atoms with van der Waals surface area (Å²) in [6.45, 7) is 4.59. The Morgan fingerprint density at radius 2 is 1.12 bits per heavy atom. The number of fused-ring (bicyclic) bond motifs is 4. The second-order valence-corrected chi connectivity index (χ2v) is 13.5. The molecule has 208 valence electrons. The molecule has 0 saturated carbocycles. The first-order valence-corrected chi connectivity index (χ1v) is 16.2. The van der Waals surface area contributed by atoms with Gasteiger partial charge < -0.3 is 9.64 Å². The van der Waals surface area contributed by atoms with Gasteiger partial charge in [-0.05, 0) is 59.7 Å². The number of ether oxygens (including phenoxy) is 1. The summed E-state index contributed by atoms with van der Waals surface area (Å²) in [6.07, 6.45) is 0. The molecule has 2 nitrogen and oxygen atoms in total. The zero-order chi connectivity index (χ0) is 29.0. The zero-order valence-electron chi connectivity index (χ0n) is 24.0. The first-order chi connectivity index (χ1) is 21.1. The van der Waals surface area contributed by atoms with Gasteiger partial charge in [0.1, 0.15) is 5.75 Å². The van der Waals surface area contributed by atoms with Crippen LogP contribution in [0, 0.1) is 0 Å². The topological polar surface area (TPSA) is 12.5 Å². The largest absolute Gasteiger partial charge is 0.455 e. The number of hydrogen-bond donors (Lipinski definition) is 0. The molecule has 0 atom stereocenters. The Kier molecular flexibility index (Phi) is 6.36. The Morgan fingerprint density at radius 1 is 0.512 bits per heavy atom. The maximum Gasteiger partial charge on any atom is 0.155 e. The van der Waals surface area contributed by atoms with E-state index in [1.165, 1.54) is 41.8 Å². The van der Waals surface area contributed by atoms with Crippen LogP contribution >= 0.6 is 23.5 Å². The summed E-state index contributed by atoms with van der Waals surface area (Å²) in [5.41, 5.74) is 7.86. The molecule has 2 heterocycles. The SMILES string of the molecule is CC1(C)c2ccccc2Oc2c(N(c3ccc(-c4ccccc4)cc3)c3cccc4c3Sc3ccccc3S4)cccc21. The van der Waals surface area contributed by atoms with E-state index in [9.17, 15) is 0 Å². The highest BCUT2D eigenvalue weighted by Crippen LogP contribution is 2.57. The number of hydrogen-bond acceptors (Lipinski definition) is 4. The molecule has 0 fully saturated rings. The summed E-state index contributed by atoms with van der Waals surface area (Å²) in [6, 6.07) is 49.8. The number of nitrogens with zero attached hydrogens (tertiary/aromatic N) is 1. The molecule has 0 radical (unpaired) electrons. The summed E-state index contributed by atoms with van der Waals surface area (Å²) in [7, 11) is 0. The van der Waals surface area contributed by atoms with Gasteiger partial charge in [-0.3, -0.25) is 0 Å². The zero-order valence-corrected chi connectivity index (χ0v) is 25.6. The number of benzene rings is 6. The summed E-state index contributed by atoms with van der Waals surface area (Å²) in [5, 5.41) is 0. The van der Waals surface area contributed by atoms with E-state index in [-0.39, 0.29) is 5.41 Å².